The van der Waals surface area contributed by atoms with Crippen LogP contribution in [0.3, 0.4) is 0 Å². The molecule has 1 heterocycles. The molecule has 0 radical (unpaired) electrons. The van der Waals surface area contributed by atoms with Gasteiger partial charge in [0, 0.05) is 29.8 Å². The lowest BCUT2D eigenvalue weighted by Crippen LogP contribution is -2.39. The molecule has 4 rings (SSSR count). The van der Waals surface area contributed by atoms with Gasteiger partial charge in [-0.25, -0.2) is 0 Å². The Morgan fingerprint density at radius 2 is 1.96 bits per heavy atom. The molecule has 1 aromatic carbocycles. The molecule has 0 saturated heterocycles. The van der Waals surface area contributed by atoms with Crippen LogP contribution in [0.5, 0.6) is 5.75 Å². The van der Waals surface area contributed by atoms with E-state index in [1.54, 1.807) is 6.07 Å². The molecule has 2 N–H and O–H groups in total. The third-order valence-electron chi connectivity index (χ3n) is 5.64. The Morgan fingerprint density at radius 3 is 2.79 bits per heavy atom. The Bertz CT molecular complexity index is 735. The van der Waals surface area contributed by atoms with Crippen molar-refractivity contribution in [3.8, 4) is 5.75 Å². The molecule has 1 aromatic rings. The molecule has 0 amide bonds. The zero-order chi connectivity index (χ0) is 16.7. The highest BCUT2D eigenvalue weighted by molar-refractivity contribution is 6.25. The smallest absolute Gasteiger partial charge is 0.167 e. The maximum atomic E-state index is 12.8. The van der Waals surface area contributed by atoms with Crippen LogP contribution >= 0.6 is 0 Å². The molecule has 24 heavy (non-hydrogen) atoms. The number of rotatable bonds is 1. The first-order valence-corrected chi connectivity index (χ1v) is 8.99. The van der Waals surface area contributed by atoms with Crippen LogP contribution in [-0.2, 0) is 4.79 Å². The van der Waals surface area contributed by atoms with Crippen molar-refractivity contribution in [3.05, 3.63) is 41.1 Å². The van der Waals surface area contributed by atoms with Crippen molar-refractivity contribution in [2.75, 3.05) is 0 Å². The summed E-state index contributed by atoms with van der Waals surface area (Å²) >= 11 is 0. The highest BCUT2D eigenvalue weighted by atomic mass is 16.3. The number of ketones is 1. The number of carbonyl (C=O) groups is 1. The number of Topliss-reactive ketones (excluding diaryl/α,β-unsaturated/α-hetero) is 1. The average Bonchev–Trinajstić information content (AvgIpc) is 2.70. The summed E-state index contributed by atoms with van der Waals surface area (Å²) in [6.45, 7) is 2.01. The Kier molecular flexibility index (Phi) is 3.91. The number of phenolic OH excluding ortho intramolecular Hbond substituents is 1. The van der Waals surface area contributed by atoms with Crippen LogP contribution in [0.15, 0.2) is 40.5 Å². The first kappa shape index (κ1) is 15.4. The van der Waals surface area contributed by atoms with Crippen molar-refractivity contribution in [1.29, 1.82) is 0 Å². The standard InChI is InChI=1S/C20H24N2O2/c1-12-20-17(22-16-8-4-3-7-15(16)21-12)10-13(11-19(20)24)14-6-2-5-9-18(14)23/h2,5-6,9,13,15-16,21,23H,3-4,7-8,10-11H2,1H3/t13-,15+,16-/m1/s1. The van der Waals surface area contributed by atoms with E-state index in [9.17, 15) is 9.90 Å². The van der Waals surface area contributed by atoms with Gasteiger partial charge in [-0.15, -0.1) is 0 Å². The SMILES string of the molecule is CC1=C2C(=O)C[C@H](c3ccccc3O)CC2=N[C@@H]2CCCC[C@@H]2N1. The minimum atomic E-state index is 0.0224. The first-order valence-electron chi connectivity index (χ1n) is 8.99. The number of nitrogens with zero attached hydrogens (tertiary/aromatic N) is 1. The third-order valence-corrected chi connectivity index (χ3v) is 5.64. The highest BCUT2D eigenvalue weighted by Crippen LogP contribution is 2.38. The molecule has 0 aromatic heterocycles. The number of carbonyl (C=O) groups excluding carboxylic acids is 1. The normalized spacial score (nSPS) is 30.0. The number of fused-ring (bicyclic) bond motifs is 2. The summed E-state index contributed by atoms with van der Waals surface area (Å²) < 4.78 is 0. The Hall–Kier alpha value is -2.10. The lowest BCUT2D eigenvalue weighted by atomic mass is 9.78. The van der Waals surface area contributed by atoms with Gasteiger partial charge in [0.05, 0.1) is 11.6 Å². The number of hydrogen-bond acceptors (Lipinski definition) is 4. The fourth-order valence-electron chi connectivity index (χ4n) is 4.47. The lowest BCUT2D eigenvalue weighted by Gasteiger charge is -2.29. The van der Waals surface area contributed by atoms with Gasteiger partial charge in [0.1, 0.15) is 5.75 Å². The van der Waals surface area contributed by atoms with Crippen LogP contribution in [0.4, 0.5) is 0 Å². The second kappa shape index (κ2) is 6.08. The van der Waals surface area contributed by atoms with Gasteiger partial charge in [-0.2, -0.15) is 0 Å². The van der Waals surface area contributed by atoms with E-state index in [2.05, 4.69) is 5.32 Å². The van der Waals surface area contributed by atoms with Crippen LogP contribution in [0, 0.1) is 0 Å². The molecule has 2 saturated carbocycles. The second-order valence-corrected chi connectivity index (χ2v) is 7.27. The number of phenols is 1. The van der Waals surface area contributed by atoms with Crippen molar-refractivity contribution in [1.82, 2.24) is 5.32 Å². The molecule has 4 heteroatoms. The molecule has 2 fully saturated rings. The van der Waals surface area contributed by atoms with E-state index < -0.39 is 0 Å². The summed E-state index contributed by atoms with van der Waals surface area (Å²) in [4.78, 5) is 17.9. The first-order chi connectivity index (χ1) is 11.6. The van der Waals surface area contributed by atoms with Gasteiger partial charge in [-0.1, -0.05) is 31.0 Å². The molecule has 126 valence electrons. The van der Waals surface area contributed by atoms with Gasteiger partial charge in [-0.3, -0.25) is 9.79 Å². The predicted molar refractivity (Wildman–Crippen MR) is 94.4 cm³/mol. The van der Waals surface area contributed by atoms with E-state index in [1.165, 1.54) is 12.8 Å². The fraction of sp³-hybridized carbons (Fsp3) is 0.500. The molecular formula is C20H24N2O2. The Balaban J connectivity index is 1.71. The monoisotopic (exact) mass is 324 g/mol. The number of benzene rings is 1. The van der Waals surface area contributed by atoms with E-state index in [4.69, 9.17) is 4.99 Å². The van der Waals surface area contributed by atoms with Gasteiger partial charge < -0.3 is 10.4 Å². The average molecular weight is 324 g/mol. The maximum absolute atomic E-state index is 12.8. The van der Waals surface area contributed by atoms with E-state index in [1.807, 2.05) is 25.1 Å². The molecule has 4 nitrogen and oxygen atoms in total. The number of nitrogens with one attached hydrogen (secondary N) is 1. The number of hydrogen-bond donors (Lipinski definition) is 2. The van der Waals surface area contributed by atoms with Crippen molar-refractivity contribution in [2.24, 2.45) is 4.99 Å². The Morgan fingerprint density at radius 1 is 1.17 bits per heavy atom. The number of aromatic hydroxyl groups is 1. The van der Waals surface area contributed by atoms with E-state index in [-0.39, 0.29) is 23.5 Å². The minimum absolute atomic E-state index is 0.0224. The lowest BCUT2D eigenvalue weighted by molar-refractivity contribution is -0.115. The van der Waals surface area contributed by atoms with Gasteiger partial charge >= 0.3 is 0 Å². The third kappa shape index (κ3) is 2.64. The van der Waals surface area contributed by atoms with Crippen molar-refractivity contribution >= 4 is 11.5 Å². The maximum Gasteiger partial charge on any atom is 0.167 e. The molecule has 2 aliphatic carbocycles. The molecule has 0 unspecified atom stereocenters. The minimum Gasteiger partial charge on any atom is -0.508 e. The number of aliphatic imine (C=N–C) groups is 1. The van der Waals surface area contributed by atoms with E-state index >= 15 is 0 Å². The van der Waals surface area contributed by atoms with Crippen LogP contribution in [0.25, 0.3) is 0 Å². The van der Waals surface area contributed by atoms with Gasteiger partial charge in [0.2, 0.25) is 0 Å². The second-order valence-electron chi connectivity index (χ2n) is 7.27. The van der Waals surface area contributed by atoms with Gasteiger partial charge in [0.25, 0.3) is 0 Å². The zero-order valence-corrected chi connectivity index (χ0v) is 14.1. The quantitative estimate of drug-likeness (QED) is 0.831. The van der Waals surface area contributed by atoms with Gasteiger partial charge in [0.15, 0.2) is 5.78 Å². The fourth-order valence-corrected chi connectivity index (χ4v) is 4.47. The molecule has 3 aliphatic rings. The molecule has 0 bridgehead atoms. The molecule has 1 aliphatic heterocycles. The largest absolute Gasteiger partial charge is 0.508 e. The predicted octanol–water partition coefficient (Wildman–Crippen LogP) is 3.47. The summed E-state index contributed by atoms with van der Waals surface area (Å²) in [7, 11) is 0. The molecule has 0 spiro atoms. The highest BCUT2D eigenvalue weighted by Gasteiger charge is 2.36. The number of allylic oxidation sites excluding steroid dienone is 2. The van der Waals surface area contributed by atoms with Crippen LogP contribution in [-0.4, -0.2) is 28.7 Å². The van der Waals surface area contributed by atoms with Gasteiger partial charge in [-0.05, 0) is 37.8 Å². The van der Waals surface area contributed by atoms with Crippen LogP contribution in [0.1, 0.15) is 56.9 Å². The molecule has 3 atom stereocenters. The van der Waals surface area contributed by atoms with Crippen molar-refractivity contribution in [3.63, 3.8) is 0 Å². The summed E-state index contributed by atoms with van der Waals surface area (Å²) in [5.41, 5.74) is 3.60. The van der Waals surface area contributed by atoms with Crippen molar-refractivity contribution in [2.45, 2.75) is 63.5 Å². The van der Waals surface area contributed by atoms with E-state index in [0.717, 1.165) is 41.8 Å². The van der Waals surface area contributed by atoms with Crippen LogP contribution in [0.2, 0.25) is 0 Å². The Labute approximate surface area is 142 Å². The summed E-state index contributed by atoms with van der Waals surface area (Å²) in [6, 6.07) is 8.00. The van der Waals surface area contributed by atoms with Crippen LogP contribution < -0.4 is 5.32 Å². The van der Waals surface area contributed by atoms with Crippen molar-refractivity contribution < 1.29 is 9.90 Å². The van der Waals surface area contributed by atoms with E-state index in [0.29, 0.717) is 12.5 Å². The summed E-state index contributed by atoms with van der Waals surface area (Å²) in [5.74, 6) is 0.452. The topological polar surface area (TPSA) is 61.7 Å². The summed E-state index contributed by atoms with van der Waals surface area (Å²) in [6.07, 6.45) is 5.85. The number of para-hydroxylation sites is 1. The molecular weight excluding hydrogens is 300 g/mol. The summed E-state index contributed by atoms with van der Waals surface area (Å²) in [5, 5.41) is 13.7. The zero-order valence-electron chi connectivity index (χ0n) is 14.1.